The van der Waals surface area contributed by atoms with E-state index in [1.54, 1.807) is 39.4 Å². The van der Waals surface area contributed by atoms with Crippen molar-refractivity contribution in [2.24, 2.45) is 5.18 Å². The largest absolute Gasteiger partial charge is 0.380 e. The Labute approximate surface area is 234 Å². The summed E-state index contributed by atoms with van der Waals surface area (Å²) >= 11 is 0. The topological polar surface area (TPSA) is 104 Å². The second kappa shape index (κ2) is 14.9. The van der Waals surface area contributed by atoms with E-state index in [0.29, 0.717) is 55.1 Å². The van der Waals surface area contributed by atoms with Crippen LogP contribution in [0.4, 0.5) is 36.3 Å². The number of benzene rings is 1. The van der Waals surface area contributed by atoms with Crippen molar-refractivity contribution in [3.8, 4) is 0 Å². The van der Waals surface area contributed by atoms with Crippen LogP contribution < -0.4 is 21.1 Å². The van der Waals surface area contributed by atoms with E-state index in [0.717, 1.165) is 6.20 Å². The maximum Gasteiger partial charge on any atom is 0.280 e. The first kappa shape index (κ1) is 31.2. The Kier molecular flexibility index (Phi) is 11.6. The van der Waals surface area contributed by atoms with Gasteiger partial charge in [0.05, 0.1) is 12.8 Å². The van der Waals surface area contributed by atoms with E-state index in [9.17, 15) is 18.1 Å². The molecule has 0 saturated heterocycles. The standard InChI is InChI=1S/C27H35F3N7O2P/c1-4-18-13-22(33-21-10-8-6-7-9-20(15-21)27(29,30)40)14-19(24(18)36-38)16-32-35-26-31-17-23(28)25(34-26)37(3)11-12-39-5-2/h6-7,10,13-15,17,32-33H,4-5,8-9,11-12,16,40H2,1-3H3,(H,31,34,35). The maximum absolute atomic E-state index is 14.3. The highest BCUT2D eigenvalue weighted by atomic mass is 31.0. The number of hydrogen-bond donors (Lipinski definition) is 3. The predicted octanol–water partition coefficient (Wildman–Crippen LogP) is 6.21. The van der Waals surface area contributed by atoms with Crippen LogP contribution in [0.1, 0.15) is 37.8 Å². The van der Waals surface area contributed by atoms with E-state index in [1.807, 2.05) is 26.0 Å². The predicted molar refractivity (Wildman–Crippen MR) is 156 cm³/mol. The second-order valence-electron chi connectivity index (χ2n) is 9.04. The summed E-state index contributed by atoms with van der Waals surface area (Å²) in [5, 5.41) is 6.44. The van der Waals surface area contributed by atoms with E-state index >= 15 is 0 Å². The average Bonchev–Trinajstić information content (AvgIpc) is 2.90. The molecule has 0 fully saturated rings. The number of aromatic nitrogens is 2. The lowest BCUT2D eigenvalue weighted by Crippen LogP contribution is -2.27. The van der Waals surface area contributed by atoms with Gasteiger partial charge >= 0.3 is 0 Å². The summed E-state index contributed by atoms with van der Waals surface area (Å²) in [6, 6.07) is 3.51. The summed E-state index contributed by atoms with van der Waals surface area (Å²) < 4.78 is 47.7. The molecule has 40 heavy (non-hydrogen) atoms. The van der Waals surface area contributed by atoms with Crippen LogP contribution in [0.25, 0.3) is 0 Å². The van der Waals surface area contributed by atoms with Crippen molar-refractivity contribution in [2.45, 2.75) is 45.3 Å². The normalized spacial score (nSPS) is 13.7. The van der Waals surface area contributed by atoms with Crippen LogP contribution >= 0.6 is 9.24 Å². The molecule has 13 heteroatoms. The van der Waals surface area contributed by atoms with Gasteiger partial charge in [-0.15, -0.1) is 4.91 Å². The van der Waals surface area contributed by atoms with Gasteiger partial charge in [0.2, 0.25) is 5.95 Å². The van der Waals surface area contributed by atoms with E-state index in [1.165, 1.54) is 6.08 Å². The Morgan fingerprint density at radius 2 is 2.00 bits per heavy atom. The molecule has 1 heterocycles. The number of nitrogens with zero attached hydrogens (tertiary/aromatic N) is 4. The molecule has 1 unspecified atom stereocenters. The fraction of sp³-hybridized carbons (Fsp3) is 0.407. The number of hydrogen-bond acceptors (Lipinski definition) is 9. The SMILES string of the molecule is CCOCCN(C)c1nc(NNCc2cc(NC3=CCC=CCC(C(F)(F)P)=C3)cc(CC)c2N=O)ncc1F. The fourth-order valence-electron chi connectivity index (χ4n) is 4.00. The average molecular weight is 578 g/mol. The third-order valence-electron chi connectivity index (χ3n) is 6.11. The van der Waals surface area contributed by atoms with Gasteiger partial charge in [-0.3, -0.25) is 5.43 Å². The molecular weight excluding hydrogens is 542 g/mol. The maximum atomic E-state index is 14.3. The number of alkyl halides is 2. The number of halogens is 3. The number of nitroso groups, excluding NO2 is 1. The van der Waals surface area contributed by atoms with Crippen LogP contribution in [0.15, 0.2) is 59.1 Å². The van der Waals surface area contributed by atoms with Crippen LogP contribution in [0.2, 0.25) is 0 Å². The highest BCUT2D eigenvalue weighted by Crippen LogP contribution is 2.36. The molecule has 3 rings (SSSR count). The van der Waals surface area contributed by atoms with Crippen LogP contribution in [-0.2, 0) is 17.7 Å². The number of ether oxygens (including phenoxy) is 1. The Balaban J connectivity index is 1.78. The zero-order valence-electron chi connectivity index (χ0n) is 22.8. The van der Waals surface area contributed by atoms with Gasteiger partial charge in [0, 0.05) is 43.7 Å². The number of likely N-dealkylation sites (N-methyl/N-ethyl adjacent to an activating group) is 1. The molecule has 0 saturated carbocycles. The van der Waals surface area contributed by atoms with Crippen LogP contribution in [0.3, 0.4) is 0 Å². The lowest BCUT2D eigenvalue weighted by molar-refractivity contribution is 0.144. The molecule has 3 N–H and O–H groups in total. The number of nitrogens with one attached hydrogen (secondary N) is 3. The van der Waals surface area contributed by atoms with Gasteiger partial charge in [-0.05, 0) is 60.7 Å². The Morgan fingerprint density at radius 1 is 1.23 bits per heavy atom. The number of aryl methyl sites for hydroxylation is 1. The molecule has 9 nitrogen and oxygen atoms in total. The zero-order chi connectivity index (χ0) is 29.1. The molecule has 0 radical (unpaired) electrons. The minimum atomic E-state index is -3.04. The van der Waals surface area contributed by atoms with Gasteiger partial charge in [0.25, 0.3) is 5.66 Å². The number of hydrazine groups is 1. The lowest BCUT2D eigenvalue weighted by Gasteiger charge is -2.19. The first-order valence-electron chi connectivity index (χ1n) is 13.0. The molecule has 1 atom stereocenters. The van der Waals surface area contributed by atoms with Crippen molar-refractivity contribution in [1.29, 1.82) is 0 Å². The molecule has 2 aromatic rings. The van der Waals surface area contributed by atoms with Crippen molar-refractivity contribution in [2.75, 3.05) is 42.4 Å². The molecule has 1 aliphatic carbocycles. The summed E-state index contributed by atoms with van der Waals surface area (Å²) in [5.74, 6) is -0.326. The third-order valence-corrected chi connectivity index (χ3v) is 6.48. The summed E-state index contributed by atoms with van der Waals surface area (Å²) in [6.45, 7) is 5.35. The molecule has 0 amide bonds. The van der Waals surface area contributed by atoms with Crippen LogP contribution in [0.5, 0.6) is 0 Å². The molecule has 0 spiro atoms. The molecule has 0 aliphatic heterocycles. The molecular formula is C27H35F3N7O2P. The van der Waals surface area contributed by atoms with E-state index in [-0.39, 0.29) is 36.0 Å². The quantitative estimate of drug-likeness (QED) is 0.0801. The number of allylic oxidation sites excluding steroid dienone is 5. The molecule has 1 aromatic carbocycles. The van der Waals surface area contributed by atoms with E-state index in [2.05, 4.69) is 31.3 Å². The smallest absolute Gasteiger partial charge is 0.280 e. The summed E-state index contributed by atoms with van der Waals surface area (Å²) in [6.07, 6.45) is 9.15. The fourth-order valence-corrected chi connectivity index (χ4v) is 4.20. The first-order chi connectivity index (χ1) is 19.2. The molecule has 216 valence electrons. The minimum absolute atomic E-state index is 0.0395. The minimum Gasteiger partial charge on any atom is -0.380 e. The third kappa shape index (κ3) is 8.84. The van der Waals surface area contributed by atoms with Crippen molar-refractivity contribution in [1.82, 2.24) is 15.4 Å². The van der Waals surface area contributed by atoms with Gasteiger partial charge in [0.15, 0.2) is 11.6 Å². The van der Waals surface area contributed by atoms with Crippen molar-refractivity contribution in [3.05, 3.63) is 75.8 Å². The lowest BCUT2D eigenvalue weighted by atomic mass is 10.0. The Hall–Kier alpha value is -3.34. The summed E-state index contributed by atoms with van der Waals surface area (Å²) in [4.78, 5) is 21.5. The van der Waals surface area contributed by atoms with Gasteiger partial charge in [-0.1, -0.05) is 34.4 Å². The van der Waals surface area contributed by atoms with Gasteiger partial charge in [-0.2, -0.15) is 13.8 Å². The van der Waals surface area contributed by atoms with Crippen molar-refractivity contribution >= 4 is 32.4 Å². The van der Waals surface area contributed by atoms with Crippen LogP contribution in [-0.4, -0.2) is 42.4 Å². The van der Waals surface area contributed by atoms with Crippen LogP contribution in [0, 0.1) is 10.7 Å². The van der Waals surface area contributed by atoms with Crippen molar-refractivity contribution in [3.63, 3.8) is 0 Å². The zero-order valence-corrected chi connectivity index (χ0v) is 24.0. The highest BCUT2D eigenvalue weighted by molar-refractivity contribution is 7.18. The van der Waals surface area contributed by atoms with Crippen molar-refractivity contribution < 1.29 is 17.9 Å². The highest BCUT2D eigenvalue weighted by Gasteiger charge is 2.27. The summed E-state index contributed by atoms with van der Waals surface area (Å²) in [5.41, 5.74) is 5.39. The van der Waals surface area contributed by atoms with Gasteiger partial charge < -0.3 is 15.0 Å². The number of anilines is 3. The monoisotopic (exact) mass is 577 g/mol. The Morgan fingerprint density at radius 3 is 2.70 bits per heavy atom. The molecule has 1 aliphatic rings. The van der Waals surface area contributed by atoms with E-state index < -0.39 is 11.5 Å². The van der Waals surface area contributed by atoms with Gasteiger partial charge in [0.1, 0.15) is 5.69 Å². The van der Waals surface area contributed by atoms with E-state index in [4.69, 9.17) is 4.74 Å². The first-order valence-corrected chi connectivity index (χ1v) is 13.5. The summed E-state index contributed by atoms with van der Waals surface area (Å²) in [7, 11) is 3.28. The number of rotatable bonds is 14. The molecule has 1 aromatic heterocycles. The molecule has 0 bridgehead atoms. The van der Waals surface area contributed by atoms with Gasteiger partial charge in [-0.25, -0.2) is 14.8 Å². The second-order valence-corrected chi connectivity index (χ2v) is 9.76. The Bertz CT molecular complexity index is 1270.